The number of para-hydroxylation sites is 4. The fraction of sp³-hybridized carbons (Fsp3) is 0. The summed E-state index contributed by atoms with van der Waals surface area (Å²) in [4.78, 5) is 2.42. The van der Waals surface area contributed by atoms with Gasteiger partial charge in [-0.05, 0) is 0 Å². The first-order valence-electron chi connectivity index (χ1n) is 14.6. The zero-order valence-corrected chi connectivity index (χ0v) is 25.0. The molecule has 9 aromatic rings. The molecule has 0 saturated carbocycles. The van der Waals surface area contributed by atoms with Gasteiger partial charge >= 0.3 is 250 Å². The average Bonchev–Trinajstić information content (AvgIpc) is 3.62. The third kappa shape index (κ3) is 3.79. The summed E-state index contributed by atoms with van der Waals surface area (Å²) in [6.07, 6.45) is 0. The molecule has 0 aliphatic carbocycles. The molecular formula is C40H26N2Se. The van der Waals surface area contributed by atoms with Crippen LogP contribution in [0.4, 0.5) is 17.1 Å². The van der Waals surface area contributed by atoms with Gasteiger partial charge in [-0.1, -0.05) is 6.07 Å². The van der Waals surface area contributed by atoms with E-state index < -0.39 is 0 Å². The molecular weight excluding hydrogens is 587 g/mol. The van der Waals surface area contributed by atoms with Crippen LogP contribution in [0.3, 0.4) is 0 Å². The molecule has 0 fully saturated rings. The molecule has 2 aromatic heterocycles. The van der Waals surface area contributed by atoms with E-state index >= 15 is 0 Å². The van der Waals surface area contributed by atoms with Crippen LogP contribution in [-0.2, 0) is 0 Å². The Morgan fingerprint density at radius 1 is 0.465 bits per heavy atom. The molecule has 0 saturated heterocycles. The molecule has 3 heteroatoms. The molecule has 2 nitrogen and oxygen atoms in total. The van der Waals surface area contributed by atoms with E-state index in [1.54, 1.807) is 0 Å². The molecule has 2 heterocycles. The summed E-state index contributed by atoms with van der Waals surface area (Å²) in [5.74, 6) is 0. The second-order valence-electron chi connectivity index (χ2n) is 11.0. The number of fused-ring (bicyclic) bond motifs is 8. The van der Waals surface area contributed by atoms with Gasteiger partial charge in [0.2, 0.25) is 0 Å². The van der Waals surface area contributed by atoms with Gasteiger partial charge < -0.3 is 0 Å². The Hall–Kier alpha value is -5.08. The monoisotopic (exact) mass is 614 g/mol. The molecule has 0 N–H and O–H groups in total. The molecule has 7 aromatic carbocycles. The van der Waals surface area contributed by atoms with Gasteiger partial charge in [0.15, 0.2) is 0 Å². The van der Waals surface area contributed by atoms with E-state index in [-0.39, 0.29) is 0 Å². The summed E-state index contributed by atoms with van der Waals surface area (Å²) < 4.78 is 5.40. The van der Waals surface area contributed by atoms with E-state index in [1.807, 2.05) is 0 Å². The number of aromatic nitrogens is 1. The zero-order valence-electron chi connectivity index (χ0n) is 23.3. The molecule has 0 amide bonds. The van der Waals surface area contributed by atoms with E-state index in [0.717, 1.165) is 22.7 Å². The summed E-state index contributed by atoms with van der Waals surface area (Å²) in [7, 11) is 0. The number of nitrogens with zero attached hydrogens (tertiary/aromatic N) is 2. The topological polar surface area (TPSA) is 8.17 Å². The molecule has 202 valence electrons. The fourth-order valence-electron chi connectivity index (χ4n) is 6.67. The van der Waals surface area contributed by atoms with Crippen LogP contribution in [0.5, 0.6) is 0 Å². The van der Waals surface area contributed by atoms with Crippen molar-refractivity contribution in [2.24, 2.45) is 0 Å². The Morgan fingerprint density at radius 3 is 2.02 bits per heavy atom. The van der Waals surface area contributed by atoms with E-state index in [0.29, 0.717) is 14.5 Å². The third-order valence-corrected chi connectivity index (χ3v) is 11.1. The summed E-state index contributed by atoms with van der Waals surface area (Å²) in [5.41, 5.74) is 7.01. The molecule has 0 spiro atoms. The van der Waals surface area contributed by atoms with Gasteiger partial charge in [0.1, 0.15) is 0 Å². The molecule has 0 atom stereocenters. The van der Waals surface area contributed by atoms with E-state index in [2.05, 4.69) is 167 Å². The van der Waals surface area contributed by atoms with Crippen molar-refractivity contribution in [3.05, 3.63) is 158 Å². The van der Waals surface area contributed by atoms with Crippen molar-refractivity contribution in [3.63, 3.8) is 0 Å². The number of anilines is 3. The number of hydrogen-bond acceptors (Lipinski definition) is 1. The van der Waals surface area contributed by atoms with Crippen LogP contribution in [-0.4, -0.2) is 19.1 Å². The maximum absolute atomic E-state index is 2.42. The van der Waals surface area contributed by atoms with Crippen LogP contribution in [0.1, 0.15) is 0 Å². The fourth-order valence-corrected chi connectivity index (χ4v) is 9.27. The van der Waals surface area contributed by atoms with Crippen molar-refractivity contribution >= 4 is 83.4 Å². The summed E-state index contributed by atoms with van der Waals surface area (Å²) in [5, 5.41) is 7.94. The van der Waals surface area contributed by atoms with Gasteiger partial charge in [0, 0.05) is 0 Å². The Kier molecular flexibility index (Phi) is 5.55. The second-order valence-corrected chi connectivity index (χ2v) is 13.2. The van der Waals surface area contributed by atoms with E-state index in [4.69, 9.17) is 0 Å². The summed E-state index contributed by atoms with van der Waals surface area (Å²) in [6.45, 7) is 0. The predicted octanol–water partition coefficient (Wildman–Crippen LogP) is 10.8. The van der Waals surface area contributed by atoms with E-state index in [9.17, 15) is 0 Å². The normalized spacial score (nSPS) is 11.7. The number of benzene rings is 7. The SMILES string of the molecule is c1ccc(N(c2ccc3c(ccc4c5ccccc5[se]c34)c2)c2cccc3c4ccccc4n(-c4ccccc4)c23)cc1. The van der Waals surface area contributed by atoms with Crippen LogP contribution in [0.15, 0.2) is 158 Å². The molecule has 0 unspecified atom stereocenters. The molecule has 43 heavy (non-hydrogen) atoms. The van der Waals surface area contributed by atoms with Crippen LogP contribution < -0.4 is 4.90 Å². The van der Waals surface area contributed by atoms with Gasteiger partial charge in [-0.25, -0.2) is 0 Å². The van der Waals surface area contributed by atoms with Gasteiger partial charge in [-0.2, -0.15) is 0 Å². The average molecular weight is 614 g/mol. The Bertz CT molecular complexity index is 2450. The minimum atomic E-state index is 0.314. The van der Waals surface area contributed by atoms with Gasteiger partial charge in [-0.15, -0.1) is 0 Å². The van der Waals surface area contributed by atoms with Crippen molar-refractivity contribution in [3.8, 4) is 5.69 Å². The molecule has 0 aliphatic rings. The number of rotatable bonds is 4. The molecule has 0 aliphatic heterocycles. The van der Waals surface area contributed by atoms with Gasteiger partial charge in [0.05, 0.1) is 0 Å². The number of hydrogen-bond donors (Lipinski definition) is 0. The van der Waals surface area contributed by atoms with Crippen LogP contribution >= 0.6 is 0 Å². The Balaban J connectivity index is 1.34. The van der Waals surface area contributed by atoms with Crippen molar-refractivity contribution in [2.75, 3.05) is 4.90 Å². The zero-order chi connectivity index (χ0) is 28.3. The quantitative estimate of drug-likeness (QED) is 0.179. The molecule has 0 radical (unpaired) electrons. The summed E-state index contributed by atoms with van der Waals surface area (Å²) in [6, 6.07) is 57.5. The van der Waals surface area contributed by atoms with Crippen LogP contribution in [0, 0.1) is 0 Å². The van der Waals surface area contributed by atoms with Crippen molar-refractivity contribution < 1.29 is 0 Å². The molecule has 0 bridgehead atoms. The van der Waals surface area contributed by atoms with Crippen molar-refractivity contribution in [1.29, 1.82) is 0 Å². The second kappa shape index (κ2) is 9.74. The first-order chi connectivity index (χ1) is 21.3. The van der Waals surface area contributed by atoms with Gasteiger partial charge in [-0.3, -0.25) is 0 Å². The third-order valence-electron chi connectivity index (χ3n) is 8.54. The Labute approximate surface area is 255 Å². The standard InChI is InChI=1S/C40H26N2Se/c1-3-12-28(13-4-1)41(30-23-25-31-27(26-30)22-24-35-33-17-8-10-21-38(33)43-40(31)35)37-20-11-18-34-32-16-7-9-19-36(32)42(39(34)37)29-14-5-2-6-15-29/h1-26H. The first kappa shape index (κ1) is 24.5. The minimum absolute atomic E-state index is 0.314. The first-order valence-corrected chi connectivity index (χ1v) is 16.3. The van der Waals surface area contributed by atoms with E-state index in [1.165, 1.54) is 51.9 Å². The summed E-state index contributed by atoms with van der Waals surface area (Å²) >= 11 is 0.314. The van der Waals surface area contributed by atoms with Crippen molar-refractivity contribution in [1.82, 2.24) is 4.57 Å². The van der Waals surface area contributed by atoms with Crippen molar-refractivity contribution in [2.45, 2.75) is 0 Å². The molecule has 9 rings (SSSR count). The van der Waals surface area contributed by atoms with Crippen LogP contribution in [0.2, 0.25) is 0 Å². The Morgan fingerprint density at radius 2 is 1.16 bits per heavy atom. The van der Waals surface area contributed by atoms with Gasteiger partial charge in [0.25, 0.3) is 0 Å². The van der Waals surface area contributed by atoms with Crippen LogP contribution in [0.25, 0.3) is 57.6 Å². The maximum atomic E-state index is 2.42. The predicted molar refractivity (Wildman–Crippen MR) is 185 cm³/mol.